The molecule has 0 aromatic heterocycles. The van der Waals surface area contributed by atoms with Crippen LogP contribution in [0.3, 0.4) is 0 Å². The molecule has 2 heterocycles. The summed E-state index contributed by atoms with van der Waals surface area (Å²) in [6, 6.07) is 3.79. The summed E-state index contributed by atoms with van der Waals surface area (Å²) in [4.78, 5) is 42.9. The van der Waals surface area contributed by atoms with Gasteiger partial charge >= 0.3 is 6.18 Å². The van der Waals surface area contributed by atoms with Gasteiger partial charge in [0.25, 0.3) is 0 Å². The lowest BCUT2D eigenvalue weighted by molar-refractivity contribution is -0.150. The number of likely N-dealkylation sites (tertiary alicyclic amines) is 1. The van der Waals surface area contributed by atoms with Crippen LogP contribution < -0.4 is 0 Å². The van der Waals surface area contributed by atoms with E-state index < -0.39 is 23.9 Å². The van der Waals surface area contributed by atoms with Crippen LogP contribution >= 0.6 is 0 Å². The van der Waals surface area contributed by atoms with E-state index in [4.69, 9.17) is 0 Å². The smallest absolute Gasteiger partial charge is 0.391 e. The molecule has 1 N–H and O–H groups in total. The number of alkyl halides is 3. The van der Waals surface area contributed by atoms with E-state index in [1.165, 1.54) is 17.0 Å². The van der Waals surface area contributed by atoms with Gasteiger partial charge in [-0.05, 0) is 55.7 Å². The summed E-state index contributed by atoms with van der Waals surface area (Å²) in [6.45, 7) is 3.80. The fourth-order valence-electron chi connectivity index (χ4n) is 5.15. The number of nitrogens with zero attached hydrogens (tertiary/aromatic N) is 3. The Labute approximate surface area is 202 Å². The minimum absolute atomic E-state index is 0.00889. The maximum Gasteiger partial charge on any atom is 0.416 e. The van der Waals surface area contributed by atoms with Crippen LogP contribution in [-0.4, -0.2) is 82.4 Å². The van der Waals surface area contributed by atoms with E-state index in [-0.39, 0.29) is 29.6 Å². The minimum atomic E-state index is -4.43. The number of rotatable bonds is 6. The zero-order valence-electron chi connectivity index (χ0n) is 19.9. The number of piperazine rings is 1. The summed E-state index contributed by atoms with van der Waals surface area (Å²) in [5, 5.41) is 10.3. The number of aliphatic hydroxyl groups is 1. The molecule has 2 saturated heterocycles. The first kappa shape index (κ1) is 25.5. The second-order valence-electron chi connectivity index (χ2n) is 10.0. The molecule has 0 bridgehead atoms. The molecule has 1 saturated carbocycles. The third kappa shape index (κ3) is 5.63. The number of halogens is 3. The van der Waals surface area contributed by atoms with Crippen molar-refractivity contribution in [3.8, 4) is 0 Å². The molecule has 1 aromatic rings. The molecule has 1 aromatic carbocycles. The van der Waals surface area contributed by atoms with Crippen molar-refractivity contribution in [1.82, 2.24) is 14.7 Å². The number of hydrogen-bond acceptors (Lipinski definition) is 4. The standard InChI is InChI=1S/C25H32F3N3O4/c1-17-23(35)29(11-2-3-21(33)30-12-10-24(8-9-24)20(32)16-30)13-14-31(17)22(34)15-18-4-6-19(7-5-18)25(26,27)28/h4-7,17,20,32H,2-3,8-16H2,1H3/t17-,20+/m0/s1. The van der Waals surface area contributed by atoms with Crippen molar-refractivity contribution in [3.05, 3.63) is 35.4 Å². The molecule has 7 nitrogen and oxygen atoms in total. The summed E-state index contributed by atoms with van der Waals surface area (Å²) < 4.78 is 38.2. The van der Waals surface area contributed by atoms with E-state index in [1.54, 1.807) is 16.7 Å². The van der Waals surface area contributed by atoms with Gasteiger partial charge in [0.2, 0.25) is 17.7 Å². The molecule has 3 aliphatic rings. The number of β-amino-alcohol motifs (C(OH)–C–C–N with tert-alkyl or cyclic N) is 1. The number of hydrogen-bond donors (Lipinski definition) is 1. The Hall–Kier alpha value is -2.62. The van der Waals surface area contributed by atoms with Gasteiger partial charge in [-0.3, -0.25) is 14.4 Å². The first-order chi connectivity index (χ1) is 16.5. The van der Waals surface area contributed by atoms with Gasteiger partial charge in [0.15, 0.2) is 0 Å². The Morgan fingerprint density at radius 3 is 2.34 bits per heavy atom. The molecule has 192 valence electrons. The topological polar surface area (TPSA) is 81.2 Å². The van der Waals surface area contributed by atoms with E-state index in [1.807, 2.05) is 0 Å². The molecule has 3 fully saturated rings. The number of carbonyl (C=O) groups excluding carboxylic acids is 3. The zero-order valence-corrected chi connectivity index (χ0v) is 19.9. The Morgan fingerprint density at radius 1 is 1.06 bits per heavy atom. The zero-order chi connectivity index (χ0) is 25.4. The molecular formula is C25H32F3N3O4. The van der Waals surface area contributed by atoms with Crippen molar-refractivity contribution in [1.29, 1.82) is 0 Å². The van der Waals surface area contributed by atoms with Gasteiger partial charge < -0.3 is 19.8 Å². The van der Waals surface area contributed by atoms with Crippen LogP contribution in [0.4, 0.5) is 13.2 Å². The van der Waals surface area contributed by atoms with E-state index in [9.17, 15) is 32.7 Å². The van der Waals surface area contributed by atoms with E-state index in [0.717, 1.165) is 31.4 Å². The fourth-order valence-corrected chi connectivity index (χ4v) is 5.15. The van der Waals surface area contributed by atoms with Gasteiger partial charge in [-0.2, -0.15) is 13.2 Å². The Morgan fingerprint density at radius 2 is 1.74 bits per heavy atom. The Bertz CT molecular complexity index is 962. The Kier molecular flexibility index (Phi) is 7.13. The molecule has 1 aliphatic carbocycles. The van der Waals surface area contributed by atoms with E-state index >= 15 is 0 Å². The molecule has 0 radical (unpaired) electrons. The highest BCUT2D eigenvalue weighted by atomic mass is 19.4. The molecule has 1 spiro atoms. The van der Waals surface area contributed by atoms with Gasteiger partial charge in [-0.15, -0.1) is 0 Å². The number of benzene rings is 1. The second kappa shape index (κ2) is 9.79. The normalized spacial score (nSPS) is 24.1. The van der Waals surface area contributed by atoms with Crippen LogP contribution in [0.15, 0.2) is 24.3 Å². The van der Waals surface area contributed by atoms with Crippen LogP contribution in [0.5, 0.6) is 0 Å². The number of piperidine rings is 1. The molecule has 2 atom stereocenters. The van der Waals surface area contributed by atoms with Crippen LogP contribution in [0.1, 0.15) is 50.2 Å². The van der Waals surface area contributed by atoms with Crippen LogP contribution in [0.25, 0.3) is 0 Å². The maximum absolute atomic E-state index is 12.8. The molecule has 10 heteroatoms. The van der Waals surface area contributed by atoms with Crippen LogP contribution in [0.2, 0.25) is 0 Å². The van der Waals surface area contributed by atoms with E-state index in [2.05, 4.69) is 0 Å². The average molecular weight is 496 g/mol. The maximum atomic E-state index is 12.8. The molecule has 2 aliphatic heterocycles. The Balaban J connectivity index is 1.22. The summed E-state index contributed by atoms with van der Waals surface area (Å²) >= 11 is 0. The largest absolute Gasteiger partial charge is 0.416 e. The third-order valence-electron chi connectivity index (χ3n) is 7.75. The predicted molar refractivity (Wildman–Crippen MR) is 121 cm³/mol. The van der Waals surface area contributed by atoms with Gasteiger partial charge in [0, 0.05) is 39.1 Å². The quantitative estimate of drug-likeness (QED) is 0.658. The van der Waals surface area contributed by atoms with Gasteiger partial charge in [-0.1, -0.05) is 12.1 Å². The van der Waals surface area contributed by atoms with Crippen molar-refractivity contribution in [2.75, 3.05) is 32.7 Å². The first-order valence-electron chi connectivity index (χ1n) is 12.2. The second-order valence-corrected chi connectivity index (χ2v) is 10.0. The SMILES string of the molecule is C[C@H]1C(=O)N(CCCC(=O)N2CCC3(CC3)[C@H](O)C2)CCN1C(=O)Cc1ccc(C(F)(F)F)cc1. The molecule has 3 amide bonds. The minimum Gasteiger partial charge on any atom is -0.391 e. The lowest BCUT2D eigenvalue weighted by Crippen LogP contribution is -2.58. The third-order valence-corrected chi connectivity index (χ3v) is 7.75. The lowest BCUT2D eigenvalue weighted by atomic mass is 9.90. The van der Waals surface area contributed by atoms with Crippen LogP contribution in [0, 0.1) is 5.41 Å². The highest BCUT2D eigenvalue weighted by Crippen LogP contribution is 2.53. The molecule has 35 heavy (non-hydrogen) atoms. The summed E-state index contributed by atoms with van der Waals surface area (Å²) in [5.41, 5.74) is -0.269. The first-order valence-corrected chi connectivity index (χ1v) is 12.2. The summed E-state index contributed by atoms with van der Waals surface area (Å²) in [6.07, 6.45) is -1.23. The fraction of sp³-hybridized carbons (Fsp3) is 0.640. The molecule has 4 rings (SSSR count). The van der Waals surface area contributed by atoms with Crippen molar-refractivity contribution in [3.63, 3.8) is 0 Å². The predicted octanol–water partition coefficient (Wildman–Crippen LogP) is 2.46. The van der Waals surface area contributed by atoms with Gasteiger partial charge in [-0.25, -0.2) is 0 Å². The van der Waals surface area contributed by atoms with Gasteiger partial charge in [0.1, 0.15) is 6.04 Å². The highest BCUT2D eigenvalue weighted by Gasteiger charge is 2.51. The lowest BCUT2D eigenvalue weighted by Gasteiger charge is -2.39. The summed E-state index contributed by atoms with van der Waals surface area (Å²) in [5.74, 6) is -0.517. The van der Waals surface area contributed by atoms with Crippen molar-refractivity contribution < 1.29 is 32.7 Å². The summed E-state index contributed by atoms with van der Waals surface area (Å²) in [7, 11) is 0. The number of aliphatic hydroxyl groups excluding tert-OH is 1. The van der Waals surface area contributed by atoms with Crippen molar-refractivity contribution in [2.45, 2.75) is 63.8 Å². The molecule has 0 unspecified atom stereocenters. The number of amides is 3. The van der Waals surface area contributed by atoms with E-state index in [0.29, 0.717) is 51.1 Å². The highest BCUT2D eigenvalue weighted by molar-refractivity contribution is 5.89. The van der Waals surface area contributed by atoms with Crippen LogP contribution in [-0.2, 0) is 27.0 Å². The monoisotopic (exact) mass is 495 g/mol. The number of carbonyl (C=O) groups is 3. The average Bonchev–Trinajstić information content (AvgIpc) is 3.59. The van der Waals surface area contributed by atoms with Gasteiger partial charge in [0.05, 0.1) is 18.1 Å². The molecular weight excluding hydrogens is 463 g/mol. The van der Waals surface area contributed by atoms with Crippen molar-refractivity contribution >= 4 is 17.7 Å². The van der Waals surface area contributed by atoms with Crippen molar-refractivity contribution in [2.24, 2.45) is 5.41 Å².